The van der Waals surface area contributed by atoms with Crippen LogP contribution in [0.4, 0.5) is 0 Å². The number of hydrogen-bond donors (Lipinski definition) is 2. The molecule has 2 aromatic carbocycles. The summed E-state index contributed by atoms with van der Waals surface area (Å²) in [7, 11) is 0. The summed E-state index contributed by atoms with van der Waals surface area (Å²) in [6.07, 6.45) is 4.61. The van der Waals surface area contributed by atoms with Crippen LogP contribution in [0.5, 0.6) is 0 Å². The Balaban J connectivity index is 1.55. The highest BCUT2D eigenvalue weighted by atomic mass is 16.2. The average Bonchev–Trinajstić information content (AvgIpc) is 2.75. The largest absolute Gasteiger partial charge is 0.356 e. The number of rotatable bonds is 8. The van der Waals surface area contributed by atoms with Crippen LogP contribution in [0.2, 0.25) is 0 Å². The second kappa shape index (κ2) is 10.9. The van der Waals surface area contributed by atoms with Gasteiger partial charge in [-0.3, -0.25) is 14.5 Å². The van der Waals surface area contributed by atoms with Gasteiger partial charge >= 0.3 is 0 Å². The number of nitrogens with one attached hydrogen (secondary N) is 2. The molecule has 2 N–H and O–H groups in total. The van der Waals surface area contributed by atoms with Crippen molar-refractivity contribution in [1.82, 2.24) is 15.5 Å². The van der Waals surface area contributed by atoms with Crippen molar-refractivity contribution in [2.24, 2.45) is 0 Å². The number of hydrogen-bond acceptors (Lipinski definition) is 3. The molecule has 2 aromatic rings. The Bertz CT molecular complexity index is 848. The second-order valence-corrected chi connectivity index (χ2v) is 8.20. The quantitative estimate of drug-likeness (QED) is 0.702. The molecular weight excluding hydrogens is 374 g/mol. The summed E-state index contributed by atoms with van der Waals surface area (Å²) >= 11 is 0. The van der Waals surface area contributed by atoms with Gasteiger partial charge in [-0.25, -0.2) is 0 Å². The lowest BCUT2D eigenvalue weighted by molar-refractivity contribution is -0.118. The molecule has 1 unspecified atom stereocenters. The Labute approximate surface area is 179 Å². The van der Waals surface area contributed by atoms with Crippen molar-refractivity contribution < 1.29 is 9.59 Å². The smallest absolute Gasteiger partial charge is 0.251 e. The standard InChI is InChI=1S/C25H33N3O2/c1-19-7-5-6-16-28(19)18-24-9-4-3-8-23(24)17-27-25(30)22-12-10-21(11-13-22)14-15-26-20(2)29/h3-4,8-13,19H,5-7,14-18H2,1-2H3,(H,26,29)(H,27,30). The minimum Gasteiger partial charge on any atom is -0.356 e. The van der Waals surface area contributed by atoms with Gasteiger partial charge in [0.1, 0.15) is 0 Å². The predicted molar refractivity (Wildman–Crippen MR) is 120 cm³/mol. The summed E-state index contributed by atoms with van der Waals surface area (Å²) in [6.45, 7) is 7.04. The molecule has 1 heterocycles. The molecule has 0 aliphatic carbocycles. The van der Waals surface area contributed by atoms with Gasteiger partial charge in [-0.1, -0.05) is 42.8 Å². The fraction of sp³-hybridized carbons (Fsp3) is 0.440. The first-order chi connectivity index (χ1) is 14.5. The molecule has 1 saturated heterocycles. The van der Waals surface area contributed by atoms with Crippen molar-refractivity contribution in [1.29, 1.82) is 0 Å². The summed E-state index contributed by atoms with van der Waals surface area (Å²) in [5.74, 6) is -0.0921. The van der Waals surface area contributed by atoms with E-state index in [-0.39, 0.29) is 11.8 Å². The molecule has 5 heteroatoms. The summed E-state index contributed by atoms with van der Waals surface area (Å²) < 4.78 is 0. The van der Waals surface area contributed by atoms with Gasteiger partial charge in [0.15, 0.2) is 0 Å². The lowest BCUT2D eigenvalue weighted by Gasteiger charge is -2.33. The molecule has 1 aliphatic heterocycles. The van der Waals surface area contributed by atoms with E-state index in [9.17, 15) is 9.59 Å². The van der Waals surface area contributed by atoms with Crippen LogP contribution in [0.1, 0.15) is 60.2 Å². The van der Waals surface area contributed by atoms with Gasteiger partial charge in [-0.05, 0) is 61.6 Å². The Kier molecular flexibility index (Phi) is 8.03. The van der Waals surface area contributed by atoms with Crippen LogP contribution in [0, 0.1) is 0 Å². The van der Waals surface area contributed by atoms with Gasteiger partial charge < -0.3 is 10.6 Å². The van der Waals surface area contributed by atoms with E-state index in [2.05, 4.69) is 40.7 Å². The van der Waals surface area contributed by atoms with Crippen LogP contribution in [-0.2, 0) is 24.3 Å². The van der Waals surface area contributed by atoms with Gasteiger partial charge in [-0.15, -0.1) is 0 Å². The Morgan fingerprint density at radius 3 is 2.43 bits per heavy atom. The number of piperidine rings is 1. The van der Waals surface area contributed by atoms with Crippen LogP contribution in [0.25, 0.3) is 0 Å². The zero-order valence-corrected chi connectivity index (χ0v) is 18.1. The van der Waals surface area contributed by atoms with Gasteiger partial charge in [0, 0.05) is 38.2 Å². The monoisotopic (exact) mass is 407 g/mol. The second-order valence-electron chi connectivity index (χ2n) is 8.20. The van der Waals surface area contributed by atoms with Gasteiger partial charge in [0.2, 0.25) is 5.91 Å². The highest BCUT2D eigenvalue weighted by Crippen LogP contribution is 2.21. The van der Waals surface area contributed by atoms with E-state index in [1.165, 1.54) is 37.3 Å². The topological polar surface area (TPSA) is 61.4 Å². The maximum absolute atomic E-state index is 12.6. The molecule has 2 amide bonds. The van der Waals surface area contributed by atoms with E-state index in [0.717, 1.165) is 25.1 Å². The van der Waals surface area contributed by atoms with Crippen molar-refractivity contribution in [3.05, 3.63) is 70.8 Å². The van der Waals surface area contributed by atoms with E-state index in [4.69, 9.17) is 0 Å². The molecule has 5 nitrogen and oxygen atoms in total. The molecule has 0 radical (unpaired) electrons. The third-order valence-corrected chi connectivity index (χ3v) is 5.88. The summed E-state index contributed by atoms with van der Waals surface area (Å²) in [6, 6.07) is 16.6. The van der Waals surface area contributed by atoms with Crippen molar-refractivity contribution in [2.75, 3.05) is 13.1 Å². The fourth-order valence-corrected chi connectivity index (χ4v) is 3.98. The van der Waals surface area contributed by atoms with E-state index in [1.54, 1.807) is 0 Å². The van der Waals surface area contributed by atoms with Crippen molar-refractivity contribution in [3.63, 3.8) is 0 Å². The van der Waals surface area contributed by atoms with Crippen molar-refractivity contribution in [3.8, 4) is 0 Å². The minimum atomic E-state index is -0.0652. The maximum atomic E-state index is 12.6. The zero-order valence-electron chi connectivity index (χ0n) is 18.1. The first kappa shape index (κ1) is 22.0. The summed E-state index contributed by atoms with van der Waals surface area (Å²) in [5.41, 5.74) is 4.22. The first-order valence-electron chi connectivity index (χ1n) is 11.0. The number of amides is 2. The van der Waals surface area contributed by atoms with Gasteiger partial charge in [-0.2, -0.15) is 0 Å². The van der Waals surface area contributed by atoms with Gasteiger partial charge in [0.25, 0.3) is 5.91 Å². The third-order valence-electron chi connectivity index (χ3n) is 5.88. The zero-order chi connectivity index (χ0) is 21.3. The molecule has 3 rings (SSSR count). The Morgan fingerprint density at radius 1 is 1.00 bits per heavy atom. The highest BCUT2D eigenvalue weighted by Gasteiger charge is 2.19. The van der Waals surface area contributed by atoms with E-state index in [1.807, 2.05) is 30.3 Å². The summed E-state index contributed by atoms with van der Waals surface area (Å²) in [5, 5.41) is 5.85. The Morgan fingerprint density at radius 2 is 1.73 bits per heavy atom. The third kappa shape index (κ3) is 6.42. The van der Waals surface area contributed by atoms with E-state index >= 15 is 0 Å². The number of nitrogens with zero attached hydrogens (tertiary/aromatic N) is 1. The van der Waals surface area contributed by atoms with Crippen LogP contribution >= 0.6 is 0 Å². The van der Waals surface area contributed by atoms with E-state index < -0.39 is 0 Å². The first-order valence-corrected chi connectivity index (χ1v) is 11.0. The molecule has 0 bridgehead atoms. The van der Waals surface area contributed by atoms with Crippen molar-refractivity contribution >= 4 is 11.8 Å². The van der Waals surface area contributed by atoms with Crippen LogP contribution in [0.3, 0.4) is 0 Å². The highest BCUT2D eigenvalue weighted by molar-refractivity contribution is 5.94. The maximum Gasteiger partial charge on any atom is 0.251 e. The molecule has 1 aliphatic rings. The SMILES string of the molecule is CC(=O)NCCc1ccc(C(=O)NCc2ccccc2CN2CCCCC2C)cc1. The molecule has 1 fully saturated rings. The number of benzene rings is 2. The molecular formula is C25H33N3O2. The minimum absolute atomic E-state index is 0.0268. The lowest BCUT2D eigenvalue weighted by atomic mass is 10.0. The fourth-order valence-electron chi connectivity index (χ4n) is 3.98. The van der Waals surface area contributed by atoms with Crippen molar-refractivity contribution in [2.45, 2.75) is 58.7 Å². The Hall–Kier alpha value is -2.66. The average molecular weight is 408 g/mol. The van der Waals surface area contributed by atoms with E-state index in [0.29, 0.717) is 24.7 Å². The molecule has 160 valence electrons. The normalized spacial score (nSPS) is 16.8. The van der Waals surface area contributed by atoms with Crippen LogP contribution in [0.15, 0.2) is 48.5 Å². The molecule has 1 atom stereocenters. The number of carbonyl (C=O) groups excluding carboxylic acids is 2. The van der Waals surface area contributed by atoms with Gasteiger partial charge in [0.05, 0.1) is 0 Å². The lowest BCUT2D eigenvalue weighted by Crippen LogP contribution is -2.37. The summed E-state index contributed by atoms with van der Waals surface area (Å²) in [4.78, 5) is 26.1. The number of carbonyl (C=O) groups is 2. The molecule has 30 heavy (non-hydrogen) atoms. The molecule has 0 saturated carbocycles. The molecule has 0 spiro atoms. The number of likely N-dealkylation sites (tertiary alicyclic amines) is 1. The van der Waals surface area contributed by atoms with Crippen LogP contribution < -0.4 is 10.6 Å². The predicted octanol–water partition coefficient (Wildman–Crippen LogP) is 3.67. The van der Waals surface area contributed by atoms with Crippen LogP contribution in [-0.4, -0.2) is 35.8 Å². The molecule has 0 aromatic heterocycles.